The van der Waals surface area contributed by atoms with Crippen LogP contribution in [0.15, 0.2) is 42.6 Å². The summed E-state index contributed by atoms with van der Waals surface area (Å²) < 4.78 is 12.6. The fourth-order valence-electron chi connectivity index (χ4n) is 3.10. The Kier molecular flexibility index (Phi) is 4.48. The molecular weight excluding hydrogens is 330 g/mol. The number of carbonyl (C=O) groups excluding carboxylic acids is 1. The molecule has 0 bridgehead atoms. The van der Waals surface area contributed by atoms with Crippen LogP contribution in [0.2, 0.25) is 0 Å². The van der Waals surface area contributed by atoms with Gasteiger partial charge in [-0.15, -0.1) is 0 Å². The van der Waals surface area contributed by atoms with Crippen molar-refractivity contribution in [3.05, 3.63) is 53.7 Å². The fraction of sp³-hybridized carbons (Fsp3) is 0.300. The first-order valence-corrected chi connectivity index (χ1v) is 8.76. The third-order valence-electron chi connectivity index (χ3n) is 4.52. The highest BCUT2D eigenvalue weighted by atomic mass is 16.7. The minimum absolute atomic E-state index is 0.0297. The number of rotatable bonds is 6. The van der Waals surface area contributed by atoms with E-state index in [1.807, 2.05) is 29.1 Å². The second kappa shape index (κ2) is 7.07. The van der Waals surface area contributed by atoms with E-state index in [2.05, 4.69) is 35.5 Å². The van der Waals surface area contributed by atoms with Gasteiger partial charge in [-0.3, -0.25) is 9.48 Å². The van der Waals surface area contributed by atoms with E-state index >= 15 is 0 Å². The molecular formula is C20H21N3O3. The monoisotopic (exact) mass is 351 g/mol. The van der Waals surface area contributed by atoms with Gasteiger partial charge in [0.05, 0.1) is 18.3 Å². The van der Waals surface area contributed by atoms with Gasteiger partial charge in [0, 0.05) is 18.4 Å². The number of aromatic nitrogens is 2. The average Bonchev–Trinajstić information content (AvgIpc) is 3.26. The predicted molar refractivity (Wildman–Crippen MR) is 98.4 cm³/mol. The Balaban J connectivity index is 1.27. The van der Waals surface area contributed by atoms with Crippen LogP contribution in [0.4, 0.5) is 0 Å². The molecule has 1 aromatic heterocycles. The summed E-state index contributed by atoms with van der Waals surface area (Å²) in [5.74, 6) is 1.58. The van der Waals surface area contributed by atoms with Gasteiger partial charge < -0.3 is 14.8 Å². The zero-order valence-corrected chi connectivity index (χ0v) is 14.7. The van der Waals surface area contributed by atoms with Gasteiger partial charge in [0.15, 0.2) is 11.5 Å². The van der Waals surface area contributed by atoms with Crippen molar-refractivity contribution in [3.63, 3.8) is 0 Å². The molecule has 1 aliphatic rings. The lowest BCUT2D eigenvalue weighted by atomic mass is 10.1. The molecule has 3 aromatic rings. The number of aryl methyl sites for hydroxylation is 2. The summed E-state index contributed by atoms with van der Waals surface area (Å²) in [6, 6.07) is 12.1. The molecule has 6 heteroatoms. The summed E-state index contributed by atoms with van der Waals surface area (Å²) in [6.45, 7) is 3.50. The van der Waals surface area contributed by atoms with Gasteiger partial charge in [-0.2, -0.15) is 5.10 Å². The van der Waals surface area contributed by atoms with Gasteiger partial charge in [-0.25, -0.2) is 0 Å². The number of nitrogens with zero attached hydrogens (tertiary/aromatic N) is 2. The second-order valence-corrected chi connectivity index (χ2v) is 6.47. The predicted octanol–water partition coefficient (Wildman–Crippen LogP) is 2.82. The van der Waals surface area contributed by atoms with Gasteiger partial charge in [0.1, 0.15) is 0 Å². The third kappa shape index (κ3) is 3.49. The Morgan fingerprint density at radius 1 is 1.19 bits per heavy atom. The number of hydrogen-bond donors (Lipinski definition) is 1. The minimum atomic E-state index is 0.0297. The second-order valence-electron chi connectivity index (χ2n) is 6.47. The maximum Gasteiger partial charge on any atom is 0.231 e. The van der Waals surface area contributed by atoms with Crippen LogP contribution in [-0.2, 0) is 17.8 Å². The summed E-state index contributed by atoms with van der Waals surface area (Å²) in [6.07, 6.45) is 3.00. The molecule has 6 nitrogen and oxygen atoms in total. The van der Waals surface area contributed by atoms with Crippen molar-refractivity contribution in [1.29, 1.82) is 0 Å². The van der Waals surface area contributed by atoms with E-state index in [0.717, 1.165) is 34.4 Å². The van der Waals surface area contributed by atoms with Crippen molar-refractivity contribution in [2.45, 2.75) is 26.3 Å². The SMILES string of the molecule is Cc1ccc2cnn(CCC(=O)NCCc3ccc4c(c3)OCO4)c2c1. The molecule has 0 spiro atoms. The van der Waals surface area contributed by atoms with Crippen molar-refractivity contribution in [1.82, 2.24) is 15.1 Å². The molecule has 134 valence electrons. The number of benzene rings is 2. The molecule has 1 N–H and O–H groups in total. The summed E-state index contributed by atoms with van der Waals surface area (Å²) in [7, 11) is 0. The molecule has 0 saturated carbocycles. The maximum absolute atomic E-state index is 12.1. The molecule has 0 radical (unpaired) electrons. The largest absolute Gasteiger partial charge is 0.454 e. The van der Waals surface area contributed by atoms with Gasteiger partial charge in [-0.1, -0.05) is 18.2 Å². The first-order chi connectivity index (χ1) is 12.7. The molecule has 0 fully saturated rings. The first kappa shape index (κ1) is 16.4. The molecule has 2 aromatic carbocycles. The van der Waals surface area contributed by atoms with Crippen LogP contribution >= 0.6 is 0 Å². The van der Waals surface area contributed by atoms with Crippen LogP contribution in [0.25, 0.3) is 10.9 Å². The van der Waals surface area contributed by atoms with Crippen molar-refractivity contribution >= 4 is 16.8 Å². The molecule has 1 aliphatic heterocycles. The highest BCUT2D eigenvalue weighted by Gasteiger charge is 2.13. The molecule has 0 aliphatic carbocycles. The molecule has 4 rings (SSSR count). The highest BCUT2D eigenvalue weighted by molar-refractivity contribution is 5.80. The van der Waals surface area contributed by atoms with E-state index in [1.54, 1.807) is 0 Å². The van der Waals surface area contributed by atoms with Crippen LogP contribution < -0.4 is 14.8 Å². The van der Waals surface area contributed by atoms with Crippen LogP contribution in [-0.4, -0.2) is 29.0 Å². The zero-order valence-electron chi connectivity index (χ0n) is 14.7. The minimum Gasteiger partial charge on any atom is -0.454 e. The van der Waals surface area contributed by atoms with Crippen molar-refractivity contribution in [3.8, 4) is 11.5 Å². The Morgan fingerprint density at radius 2 is 2.08 bits per heavy atom. The number of amides is 1. The van der Waals surface area contributed by atoms with Crippen LogP contribution in [0, 0.1) is 6.92 Å². The summed E-state index contributed by atoms with van der Waals surface area (Å²) in [4.78, 5) is 12.1. The quantitative estimate of drug-likeness (QED) is 0.742. The smallest absolute Gasteiger partial charge is 0.231 e. The molecule has 26 heavy (non-hydrogen) atoms. The highest BCUT2D eigenvalue weighted by Crippen LogP contribution is 2.32. The van der Waals surface area contributed by atoms with E-state index < -0.39 is 0 Å². The van der Waals surface area contributed by atoms with E-state index in [4.69, 9.17) is 9.47 Å². The Bertz CT molecular complexity index is 949. The number of ether oxygens (including phenoxy) is 2. The number of carbonyl (C=O) groups is 1. The fourth-order valence-corrected chi connectivity index (χ4v) is 3.10. The number of fused-ring (bicyclic) bond motifs is 2. The standard InChI is InChI=1S/C20H21N3O3/c1-14-2-4-16-12-22-23(17(16)10-14)9-7-20(24)21-8-6-15-3-5-18-19(11-15)26-13-25-18/h2-5,10-12H,6-9,13H2,1H3,(H,21,24). The maximum atomic E-state index is 12.1. The molecule has 0 atom stereocenters. The average molecular weight is 351 g/mol. The van der Waals surface area contributed by atoms with Gasteiger partial charge in [0.25, 0.3) is 0 Å². The van der Waals surface area contributed by atoms with E-state index in [-0.39, 0.29) is 12.7 Å². The Labute approximate surface area is 151 Å². The summed E-state index contributed by atoms with van der Waals surface area (Å²) >= 11 is 0. The van der Waals surface area contributed by atoms with Gasteiger partial charge >= 0.3 is 0 Å². The molecule has 0 unspecified atom stereocenters. The lowest BCUT2D eigenvalue weighted by Crippen LogP contribution is -2.26. The van der Waals surface area contributed by atoms with Crippen LogP contribution in [0.1, 0.15) is 17.5 Å². The van der Waals surface area contributed by atoms with E-state index in [9.17, 15) is 4.79 Å². The van der Waals surface area contributed by atoms with Gasteiger partial charge in [0.2, 0.25) is 12.7 Å². The number of hydrogen-bond acceptors (Lipinski definition) is 4. The summed E-state index contributed by atoms with van der Waals surface area (Å²) in [5.41, 5.74) is 3.37. The molecule has 0 saturated heterocycles. The third-order valence-corrected chi connectivity index (χ3v) is 4.52. The molecule has 2 heterocycles. The van der Waals surface area contributed by atoms with Crippen LogP contribution in [0.3, 0.4) is 0 Å². The molecule has 1 amide bonds. The van der Waals surface area contributed by atoms with Crippen molar-refractivity contribution in [2.75, 3.05) is 13.3 Å². The van der Waals surface area contributed by atoms with Crippen molar-refractivity contribution < 1.29 is 14.3 Å². The zero-order chi connectivity index (χ0) is 17.9. The van der Waals surface area contributed by atoms with E-state index in [0.29, 0.717) is 19.5 Å². The lowest BCUT2D eigenvalue weighted by Gasteiger charge is -2.07. The Hall–Kier alpha value is -3.02. The summed E-state index contributed by atoms with van der Waals surface area (Å²) in [5, 5.41) is 8.45. The van der Waals surface area contributed by atoms with E-state index in [1.165, 1.54) is 5.56 Å². The topological polar surface area (TPSA) is 65.4 Å². The lowest BCUT2D eigenvalue weighted by molar-refractivity contribution is -0.121. The van der Waals surface area contributed by atoms with Crippen LogP contribution in [0.5, 0.6) is 11.5 Å². The Morgan fingerprint density at radius 3 is 3.00 bits per heavy atom. The first-order valence-electron chi connectivity index (χ1n) is 8.76. The van der Waals surface area contributed by atoms with Crippen molar-refractivity contribution in [2.24, 2.45) is 0 Å². The normalized spacial score (nSPS) is 12.5. The van der Waals surface area contributed by atoms with Gasteiger partial charge in [-0.05, 0) is 42.7 Å². The number of nitrogens with one attached hydrogen (secondary N) is 1.